The van der Waals surface area contributed by atoms with Gasteiger partial charge in [-0.05, 0) is 48.7 Å². The Labute approximate surface area is 161 Å². The van der Waals surface area contributed by atoms with Crippen LogP contribution in [0.5, 0.6) is 17.2 Å². The van der Waals surface area contributed by atoms with E-state index in [1.54, 1.807) is 14.2 Å². The molecule has 0 heterocycles. The van der Waals surface area contributed by atoms with Crippen molar-refractivity contribution < 1.29 is 32.2 Å². The molecule has 0 fully saturated rings. The molecule has 0 aliphatic carbocycles. The average Bonchev–Trinajstić information content (AvgIpc) is 2.69. The van der Waals surface area contributed by atoms with Crippen molar-refractivity contribution in [1.82, 2.24) is 5.32 Å². The molecule has 2 aromatic carbocycles. The number of hydrogen-bond donors (Lipinski definition) is 1. The Bertz CT molecular complexity index is 793. The number of rotatable bonds is 9. The summed E-state index contributed by atoms with van der Waals surface area (Å²) in [4.78, 5) is 11.8. The molecule has 0 bridgehead atoms. The van der Waals surface area contributed by atoms with Gasteiger partial charge in [0, 0.05) is 6.54 Å². The number of ether oxygens (including phenoxy) is 3. The quantitative estimate of drug-likeness (QED) is 0.653. The van der Waals surface area contributed by atoms with Crippen LogP contribution in [-0.2, 0) is 17.4 Å². The van der Waals surface area contributed by atoms with Gasteiger partial charge in [0.25, 0.3) is 5.91 Å². The summed E-state index contributed by atoms with van der Waals surface area (Å²) in [7, 11) is 3.13. The van der Waals surface area contributed by atoms with Crippen molar-refractivity contribution in [3.63, 3.8) is 0 Å². The first-order valence-electron chi connectivity index (χ1n) is 8.61. The number of hydrogen-bond acceptors (Lipinski definition) is 4. The summed E-state index contributed by atoms with van der Waals surface area (Å²) < 4.78 is 53.5. The Balaban J connectivity index is 1.73. The lowest BCUT2D eigenvalue weighted by Gasteiger charge is -2.11. The molecule has 0 aromatic heterocycles. The van der Waals surface area contributed by atoms with Crippen LogP contribution in [0.15, 0.2) is 42.5 Å². The summed E-state index contributed by atoms with van der Waals surface area (Å²) in [5.74, 6) is 0.879. The second-order valence-electron chi connectivity index (χ2n) is 5.96. The topological polar surface area (TPSA) is 56.8 Å². The van der Waals surface area contributed by atoms with Crippen molar-refractivity contribution in [3.8, 4) is 17.2 Å². The largest absolute Gasteiger partial charge is 0.493 e. The Kier molecular flexibility index (Phi) is 7.54. The molecule has 0 aliphatic rings. The highest BCUT2D eigenvalue weighted by molar-refractivity contribution is 5.77. The van der Waals surface area contributed by atoms with Gasteiger partial charge in [0.2, 0.25) is 0 Å². The van der Waals surface area contributed by atoms with Crippen molar-refractivity contribution in [2.75, 3.05) is 27.4 Å². The average molecular weight is 397 g/mol. The van der Waals surface area contributed by atoms with E-state index >= 15 is 0 Å². The van der Waals surface area contributed by atoms with Gasteiger partial charge in [-0.1, -0.05) is 12.1 Å². The number of carbonyl (C=O) groups is 1. The zero-order chi connectivity index (χ0) is 20.6. The first kappa shape index (κ1) is 21.4. The molecule has 28 heavy (non-hydrogen) atoms. The lowest BCUT2D eigenvalue weighted by molar-refractivity contribution is -0.137. The van der Waals surface area contributed by atoms with Gasteiger partial charge in [0.1, 0.15) is 5.75 Å². The second kappa shape index (κ2) is 9.87. The molecule has 0 atom stereocenters. The van der Waals surface area contributed by atoms with Gasteiger partial charge in [-0.2, -0.15) is 13.2 Å². The molecule has 2 aromatic rings. The molecule has 0 radical (unpaired) electrons. The molecule has 0 aliphatic heterocycles. The number of amides is 1. The summed E-state index contributed by atoms with van der Waals surface area (Å²) in [5, 5.41) is 2.68. The fourth-order valence-electron chi connectivity index (χ4n) is 2.52. The van der Waals surface area contributed by atoms with Crippen LogP contribution in [-0.4, -0.2) is 33.3 Å². The highest BCUT2D eigenvalue weighted by Gasteiger charge is 2.30. The smallest absolute Gasteiger partial charge is 0.416 e. The van der Waals surface area contributed by atoms with E-state index in [-0.39, 0.29) is 12.4 Å². The maximum Gasteiger partial charge on any atom is 0.416 e. The van der Waals surface area contributed by atoms with Crippen LogP contribution in [0.25, 0.3) is 0 Å². The van der Waals surface area contributed by atoms with E-state index in [0.717, 1.165) is 24.1 Å². The summed E-state index contributed by atoms with van der Waals surface area (Å²) in [6.07, 6.45) is -3.05. The number of aryl methyl sites for hydroxylation is 1. The van der Waals surface area contributed by atoms with E-state index in [4.69, 9.17) is 14.2 Å². The monoisotopic (exact) mass is 397 g/mol. The predicted octanol–water partition coefficient (Wildman–Crippen LogP) is 3.85. The molecule has 1 N–H and O–H groups in total. The van der Waals surface area contributed by atoms with Crippen LogP contribution >= 0.6 is 0 Å². The minimum atomic E-state index is -4.45. The van der Waals surface area contributed by atoms with Crippen molar-refractivity contribution >= 4 is 5.91 Å². The zero-order valence-electron chi connectivity index (χ0n) is 15.6. The molecule has 1 amide bonds. The van der Waals surface area contributed by atoms with Crippen molar-refractivity contribution in [2.45, 2.75) is 19.0 Å². The second-order valence-corrected chi connectivity index (χ2v) is 5.96. The first-order chi connectivity index (χ1) is 13.3. The maximum absolute atomic E-state index is 12.7. The van der Waals surface area contributed by atoms with Gasteiger partial charge in [0.05, 0.1) is 19.8 Å². The zero-order valence-corrected chi connectivity index (χ0v) is 15.6. The van der Waals surface area contributed by atoms with E-state index in [0.29, 0.717) is 24.5 Å². The van der Waals surface area contributed by atoms with Crippen LogP contribution in [0.2, 0.25) is 0 Å². The molecule has 0 spiro atoms. The van der Waals surface area contributed by atoms with E-state index < -0.39 is 17.6 Å². The molecule has 0 unspecified atom stereocenters. The number of nitrogens with one attached hydrogen (secondary N) is 1. The van der Waals surface area contributed by atoms with Gasteiger partial charge in [-0.25, -0.2) is 0 Å². The van der Waals surface area contributed by atoms with Crippen LogP contribution < -0.4 is 19.5 Å². The first-order valence-corrected chi connectivity index (χ1v) is 8.61. The molecular weight excluding hydrogens is 375 g/mol. The summed E-state index contributed by atoms with van der Waals surface area (Å²) in [5.41, 5.74) is 0.215. The fraction of sp³-hybridized carbons (Fsp3) is 0.350. The molecule has 5 nitrogen and oxygen atoms in total. The number of alkyl halides is 3. The van der Waals surface area contributed by atoms with Gasteiger partial charge in [0.15, 0.2) is 18.1 Å². The van der Waals surface area contributed by atoms with Crippen molar-refractivity contribution in [1.29, 1.82) is 0 Å². The third kappa shape index (κ3) is 6.37. The van der Waals surface area contributed by atoms with E-state index in [2.05, 4.69) is 5.32 Å². The molecule has 152 valence electrons. The van der Waals surface area contributed by atoms with Crippen LogP contribution in [0, 0.1) is 0 Å². The highest BCUT2D eigenvalue weighted by Crippen LogP contribution is 2.31. The fourth-order valence-corrected chi connectivity index (χ4v) is 2.52. The molecular formula is C20H22F3NO4. The molecule has 0 saturated carbocycles. The summed E-state index contributed by atoms with van der Waals surface area (Å²) in [6, 6.07) is 10.0. The van der Waals surface area contributed by atoms with Crippen LogP contribution in [0.1, 0.15) is 17.5 Å². The molecule has 8 heteroatoms. The standard InChI is InChI=1S/C20H22F3NO4/c1-26-17-9-8-14(11-18(17)27-2)5-4-10-24-19(25)13-28-16-7-3-6-15(12-16)20(21,22)23/h3,6-9,11-12H,4-5,10,13H2,1-2H3,(H,24,25). The lowest BCUT2D eigenvalue weighted by atomic mass is 10.1. The normalized spacial score (nSPS) is 11.0. The minimum absolute atomic E-state index is 0.00435. The number of methoxy groups -OCH3 is 2. The van der Waals surface area contributed by atoms with Crippen molar-refractivity contribution in [3.05, 3.63) is 53.6 Å². The number of carbonyl (C=O) groups excluding carboxylic acids is 1. The summed E-state index contributed by atoms with van der Waals surface area (Å²) in [6.45, 7) is 0.0663. The number of halogens is 3. The Morgan fingerprint density at radius 2 is 1.79 bits per heavy atom. The third-order valence-corrected chi connectivity index (χ3v) is 3.94. The lowest BCUT2D eigenvalue weighted by Crippen LogP contribution is -2.29. The Morgan fingerprint density at radius 3 is 2.46 bits per heavy atom. The van der Waals surface area contributed by atoms with Crippen LogP contribution in [0.4, 0.5) is 13.2 Å². The Hall–Kier alpha value is -2.90. The minimum Gasteiger partial charge on any atom is -0.493 e. The van der Waals surface area contributed by atoms with E-state index in [1.165, 1.54) is 12.1 Å². The third-order valence-electron chi connectivity index (χ3n) is 3.94. The van der Waals surface area contributed by atoms with Crippen molar-refractivity contribution in [2.24, 2.45) is 0 Å². The van der Waals surface area contributed by atoms with Gasteiger partial charge in [-0.15, -0.1) is 0 Å². The van der Waals surface area contributed by atoms with E-state index in [9.17, 15) is 18.0 Å². The SMILES string of the molecule is COc1ccc(CCCNC(=O)COc2cccc(C(F)(F)F)c2)cc1OC. The van der Waals surface area contributed by atoms with E-state index in [1.807, 2.05) is 18.2 Å². The highest BCUT2D eigenvalue weighted by atomic mass is 19.4. The number of benzene rings is 2. The van der Waals surface area contributed by atoms with Gasteiger partial charge < -0.3 is 19.5 Å². The predicted molar refractivity (Wildman–Crippen MR) is 97.8 cm³/mol. The van der Waals surface area contributed by atoms with Gasteiger partial charge in [-0.3, -0.25) is 4.79 Å². The molecule has 2 rings (SSSR count). The van der Waals surface area contributed by atoms with Crippen LogP contribution in [0.3, 0.4) is 0 Å². The Morgan fingerprint density at radius 1 is 1.04 bits per heavy atom. The maximum atomic E-state index is 12.7. The van der Waals surface area contributed by atoms with Gasteiger partial charge >= 0.3 is 6.18 Å². The summed E-state index contributed by atoms with van der Waals surface area (Å²) >= 11 is 0. The molecule has 0 saturated heterocycles.